The van der Waals surface area contributed by atoms with Gasteiger partial charge in [-0.15, -0.1) is 0 Å². The minimum atomic E-state index is -1.89. The summed E-state index contributed by atoms with van der Waals surface area (Å²) in [4.78, 5) is 272. The van der Waals surface area contributed by atoms with Gasteiger partial charge in [-0.2, -0.15) is 0 Å². The Morgan fingerprint density at radius 2 is 0.667 bits per heavy atom. The topological polar surface area (TPSA) is 1070 Å². The van der Waals surface area contributed by atoms with E-state index in [1.54, 1.807) is 13.8 Å². The number of carbonyl (C=O) groups is 19. The van der Waals surface area contributed by atoms with Crippen LogP contribution in [0.5, 0.6) is 0 Å². The lowest BCUT2D eigenvalue weighted by Crippen LogP contribution is -2.61. The summed E-state index contributed by atoms with van der Waals surface area (Å²) in [5.41, 5.74) is 50.7. The van der Waals surface area contributed by atoms with Crippen molar-refractivity contribution in [1.29, 1.82) is 37.9 Å². The summed E-state index contributed by atoms with van der Waals surface area (Å²) < 4.78 is 0. The number of guanidine groups is 7. The highest BCUT2D eigenvalue weighted by Crippen LogP contribution is 2.25. The molecule has 150 heavy (non-hydrogen) atoms. The SMILES string of the molecule is CC[C@H](C)[C@@H]1NC(=O)[C@H](CCCNC(=N)N)NC(=O)[C@H](CCCNC(=N)N)NC(=O)CNC(=O)[C@H](CCCCN)NC(=O)CNC(=O)[C@H](CCCNC(=N)N)NC(=O)[C@H]([C@@H](C)O)NC(=O)CNC(=O)[C@H](CCCNC(=N)N)NC(=O)[C@@H]2CCCN2C(=O)[C@H](CCCNC(=N)N)NC(=O)[C@@H]2CCCN2C(=O)CNC(=O)[C@H](CO)NC(=O)[C@@H](N)CSSC[C@@H](C(=O)O)NC(=O)[C@H](CCCNC(=N)N)NC(=O)[C@H](CCCNC(=N)N)NC1=O. The molecule has 844 valence electrons. The maximum absolute atomic E-state index is 14.9. The van der Waals surface area contributed by atoms with E-state index in [0.717, 1.165) is 33.4 Å². The van der Waals surface area contributed by atoms with Crippen LogP contribution in [0.15, 0.2) is 0 Å². The van der Waals surface area contributed by atoms with E-state index < -0.39 is 295 Å². The Bertz CT molecular complexity index is 4610. The van der Waals surface area contributed by atoms with Crippen molar-refractivity contribution in [3.63, 3.8) is 0 Å². The number of aliphatic hydroxyl groups is 2. The molecule has 63 nitrogen and oxygen atoms in total. The molecule has 0 radical (unpaired) electrons. The Morgan fingerprint density at radius 1 is 0.367 bits per heavy atom. The molecule has 0 aromatic carbocycles. The maximum Gasteiger partial charge on any atom is 0.327 e. The quantitative estimate of drug-likeness (QED) is 0.0119. The number of hydrogen-bond donors (Lipinski definition) is 42. The van der Waals surface area contributed by atoms with Crippen LogP contribution in [0.25, 0.3) is 0 Å². The van der Waals surface area contributed by atoms with Crippen LogP contribution in [-0.4, -0.2) is 386 Å². The molecule has 0 spiro atoms. The number of aliphatic hydroxyl groups excluding tert-OH is 2. The molecular formula is C85H155N41O22S2. The number of carboxylic acids is 1. The largest absolute Gasteiger partial charge is 0.480 e. The van der Waals surface area contributed by atoms with Crippen LogP contribution in [0.2, 0.25) is 0 Å². The fourth-order valence-electron chi connectivity index (χ4n) is 15.3. The molecule has 0 unspecified atom stereocenters. The number of aliphatic carboxylic acids is 1. The van der Waals surface area contributed by atoms with Crippen LogP contribution in [0.1, 0.15) is 162 Å². The Hall–Kier alpha value is -14.6. The van der Waals surface area contributed by atoms with Crippen molar-refractivity contribution in [2.24, 2.45) is 57.5 Å². The molecule has 0 bridgehead atoms. The highest BCUT2D eigenvalue weighted by atomic mass is 33.1. The van der Waals surface area contributed by atoms with Crippen LogP contribution >= 0.6 is 21.6 Å². The second kappa shape index (κ2) is 70.3. The molecule has 0 aromatic heterocycles. The molecule has 3 heterocycles. The number of carboxylic acid groups (broad SMARTS) is 1. The van der Waals surface area contributed by atoms with E-state index in [4.69, 9.17) is 89.5 Å². The Kier molecular flexibility index (Phi) is 60.7. The van der Waals surface area contributed by atoms with Crippen molar-refractivity contribution >= 4 is 176 Å². The van der Waals surface area contributed by atoms with Crippen LogP contribution in [0.4, 0.5) is 0 Å². The third-order valence-corrected chi connectivity index (χ3v) is 26.0. The third kappa shape index (κ3) is 50.8. The summed E-state index contributed by atoms with van der Waals surface area (Å²) in [6.45, 7) is -0.472. The van der Waals surface area contributed by atoms with Gasteiger partial charge < -0.3 is 199 Å². The molecule has 3 saturated heterocycles. The Labute approximate surface area is 873 Å². The van der Waals surface area contributed by atoms with Gasteiger partial charge in [0.1, 0.15) is 84.6 Å². The second-order valence-corrected chi connectivity index (χ2v) is 38.1. The van der Waals surface area contributed by atoms with E-state index in [2.05, 4.69) is 122 Å². The van der Waals surface area contributed by atoms with Crippen LogP contribution in [0, 0.1) is 43.8 Å². The number of nitrogens with two attached hydrogens (primary N) is 9. The molecule has 0 saturated carbocycles. The number of unbranched alkanes of at least 4 members (excludes halogenated alkanes) is 1. The van der Waals surface area contributed by atoms with Gasteiger partial charge >= 0.3 is 5.97 Å². The first-order valence-electron chi connectivity index (χ1n) is 49.1. The third-order valence-electron chi connectivity index (χ3n) is 23.5. The molecule has 51 N–H and O–H groups in total. The molecule has 17 atom stereocenters. The van der Waals surface area contributed by atoms with E-state index in [-0.39, 0.29) is 206 Å². The fourth-order valence-corrected chi connectivity index (χ4v) is 17.6. The van der Waals surface area contributed by atoms with Gasteiger partial charge in [-0.3, -0.25) is 124 Å². The average molecular weight is 2170 g/mol. The first-order valence-corrected chi connectivity index (χ1v) is 51.6. The van der Waals surface area contributed by atoms with E-state index in [0.29, 0.717) is 6.42 Å². The number of hydrogen-bond acceptors (Lipinski definition) is 32. The monoisotopic (exact) mass is 2170 g/mol. The van der Waals surface area contributed by atoms with Crippen molar-refractivity contribution < 1.29 is 106 Å². The van der Waals surface area contributed by atoms with Gasteiger partial charge in [-0.1, -0.05) is 41.9 Å². The minimum Gasteiger partial charge on any atom is -0.480 e. The molecule has 65 heteroatoms. The van der Waals surface area contributed by atoms with Crippen molar-refractivity contribution in [1.82, 2.24) is 132 Å². The smallest absolute Gasteiger partial charge is 0.327 e. The lowest BCUT2D eigenvalue weighted by Gasteiger charge is -2.31. The lowest BCUT2D eigenvalue weighted by atomic mass is 9.96. The van der Waals surface area contributed by atoms with E-state index in [9.17, 15) is 106 Å². The van der Waals surface area contributed by atoms with E-state index >= 15 is 0 Å². The number of fused-ring (bicyclic) bond motifs is 2. The van der Waals surface area contributed by atoms with Gasteiger partial charge in [-0.25, -0.2) is 4.79 Å². The molecule has 3 aliphatic rings. The van der Waals surface area contributed by atoms with Gasteiger partial charge in [0.2, 0.25) is 106 Å². The van der Waals surface area contributed by atoms with Gasteiger partial charge in [0, 0.05) is 70.4 Å². The van der Waals surface area contributed by atoms with Gasteiger partial charge in [0.05, 0.1) is 44.9 Å². The predicted molar refractivity (Wildman–Crippen MR) is 550 cm³/mol. The van der Waals surface area contributed by atoms with E-state index in [1.165, 1.54) is 4.90 Å². The highest BCUT2D eigenvalue weighted by Gasteiger charge is 2.44. The number of amides is 18. The van der Waals surface area contributed by atoms with Crippen molar-refractivity contribution in [3.8, 4) is 0 Å². The van der Waals surface area contributed by atoms with Crippen LogP contribution < -0.4 is 174 Å². The molecule has 18 amide bonds. The van der Waals surface area contributed by atoms with Crippen molar-refractivity contribution in [2.45, 2.75) is 259 Å². The lowest BCUT2D eigenvalue weighted by molar-refractivity contribution is -0.144. The number of carbonyl (C=O) groups excluding carboxylic acids is 18. The first kappa shape index (κ1) is 130. The summed E-state index contributed by atoms with van der Waals surface area (Å²) in [6.07, 6.45) is -2.26. The molecule has 0 aliphatic carbocycles. The molecule has 0 aromatic rings. The molecule has 3 aliphatic heterocycles. The van der Waals surface area contributed by atoms with Crippen molar-refractivity contribution in [3.05, 3.63) is 0 Å². The Balaban J connectivity index is 2.22. The first-order chi connectivity index (χ1) is 71.0. The summed E-state index contributed by atoms with van der Waals surface area (Å²) in [5, 5.41) is 143. The highest BCUT2D eigenvalue weighted by molar-refractivity contribution is 8.76. The summed E-state index contributed by atoms with van der Waals surface area (Å²) >= 11 is 0. The zero-order chi connectivity index (χ0) is 112. The van der Waals surface area contributed by atoms with Gasteiger partial charge in [0.25, 0.3) is 0 Å². The minimum absolute atomic E-state index is 0.000592. The molecule has 3 rings (SSSR count). The molecule has 3 fully saturated rings. The summed E-state index contributed by atoms with van der Waals surface area (Å²) in [6, 6.07) is -23.4. The number of rotatable bonds is 37. The normalized spacial score (nSPS) is 24.4. The number of nitrogens with one attached hydrogen (secondary N) is 30. The second-order valence-electron chi connectivity index (χ2n) is 35.6. The molecular weight excluding hydrogens is 2010 g/mol. The zero-order valence-electron chi connectivity index (χ0n) is 84.4. The predicted octanol–water partition coefficient (Wildman–Crippen LogP) is -15.6. The average Bonchev–Trinajstić information content (AvgIpc) is 1.66. The maximum atomic E-state index is 14.9. The standard InChI is InChI=1S/C85H155N41O22S2/c1-4-43(2)62-75(144)119-51(21-11-31-106-83(96)97)70(139)115-50(20-10-30-105-82(94)95)71(140)122-55(78(147)148)42-150-149-41-45(87)64(133)121-54(40-127)68(137)112-39-61(132)125-34-14-24-56(125)73(142)120-53(23-13-33-108-85(100)101)77(146)126-35-15-25-57(126)74(143)117-47(17-7-27-102-79(88)89)66(135)111-38-60(131)123-63(44(3)128)76(145)118-48(18-8-28-103-80(90)91)67(136)110-36-58(129)113-46(16-5-6-26-86)65(134)109-37-59(130)114-49(19-9-29-104-81(92)93)69(138)116-52(72(141)124-62)22-12-32-107-84(98)99/h43-57,62-63,127-128H,4-42,86-87H2,1-3H3,(H,109,134)(H,110,136)(H,111,135)(H,112,137)(H,113,129)(H,114,130)(H,115,139)(H,116,138)(H,117,143)(H,118,145)(H,119,144)(H,120,142)(H,121,133)(H,122,140)(H,123,131)(H,124,141)(H,147,148)(H4,88,89,102)(H4,90,91,103)(H4,92,93,104)(H4,94,95,105)(H4,96,97,106)(H4,98,99,107)(H4,100,101,108)/t43-,44+,45-,46-,47-,48-,49-,50-,51-,52-,53-,54-,55-,56-,57-,62-,63-/m0/s1. The Morgan fingerprint density at radius 3 is 1.05 bits per heavy atom. The van der Waals surface area contributed by atoms with Crippen LogP contribution in [0.3, 0.4) is 0 Å². The van der Waals surface area contributed by atoms with Gasteiger partial charge in [-0.05, 0) is 154 Å². The van der Waals surface area contributed by atoms with E-state index in [1.807, 2.05) is 0 Å². The van der Waals surface area contributed by atoms with Crippen molar-refractivity contribution in [2.75, 3.05) is 110 Å². The fraction of sp³-hybridized carbons (Fsp3) is 0.694. The zero-order valence-corrected chi connectivity index (χ0v) is 86.0. The summed E-state index contributed by atoms with van der Waals surface area (Å²) in [5.74, 6) is -24.2. The van der Waals surface area contributed by atoms with Crippen LogP contribution in [-0.2, 0) is 91.1 Å². The number of nitrogens with zero attached hydrogens (tertiary/aromatic N) is 2. The summed E-state index contributed by atoms with van der Waals surface area (Å²) in [7, 11) is 1.65. The van der Waals surface area contributed by atoms with Gasteiger partial charge in [0.15, 0.2) is 41.7 Å².